The van der Waals surface area contributed by atoms with E-state index < -0.39 is 0 Å². The number of anilines is 1. The van der Waals surface area contributed by atoms with Crippen LogP contribution in [0.3, 0.4) is 0 Å². The minimum atomic E-state index is 0.125. The zero-order valence-electron chi connectivity index (χ0n) is 11.6. The predicted molar refractivity (Wildman–Crippen MR) is 82.5 cm³/mol. The van der Waals surface area contributed by atoms with Crippen molar-refractivity contribution >= 4 is 27.5 Å². The molecule has 2 N–H and O–H groups in total. The van der Waals surface area contributed by atoms with Crippen molar-refractivity contribution in [2.45, 2.75) is 33.1 Å². The molecule has 104 valence electrons. The van der Waals surface area contributed by atoms with Gasteiger partial charge in [-0.3, -0.25) is 4.79 Å². The van der Waals surface area contributed by atoms with Gasteiger partial charge in [0.2, 0.25) is 5.91 Å². The number of hydrogen-bond donors (Lipinski definition) is 2. The van der Waals surface area contributed by atoms with E-state index in [1.807, 2.05) is 26.0 Å². The quantitative estimate of drug-likeness (QED) is 0.891. The highest BCUT2D eigenvalue weighted by Crippen LogP contribution is 2.25. The molecular weight excluding hydrogens is 304 g/mol. The number of rotatable bonds is 4. The van der Waals surface area contributed by atoms with Gasteiger partial charge in [0.05, 0.1) is 0 Å². The molecule has 0 radical (unpaired) electrons. The maximum Gasteiger partial charge on any atom is 0.224 e. The second kappa shape index (κ2) is 6.53. The maximum atomic E-state index is 12.0. The lowest BCUT2D eigenvalue weighted by molar-refractivity contribution is -0.116. The average Bonchev–Trinajstić information content (AvgIpc) is 2.84. The highest BCUT2D eigenvalue weighted by Gasteiger charge is 2.16. The van der Waals surface area contributed by atoms with Crippen molar-refractivity contribution in [2.75, 3.05) is 18.4 Å². The summed E-state index contributed by atoms with van der Waals surface area (Å²) in [4.78, 5) is 12.0. The average molecular weight is 325 g/mol. The second-order valence-electron chi connectivity index (χ2n) is 5.36. The van der Waals surface area contributed by atoms with E-state index >= 15 is 0 Å². The van der Waals surface area contributed by atoms with E-state index in [-0.39, 0.29) is 5.91 Å². The van der Waals surface area contributed by atoms with Crippen LogP contribution in [0.5, 0.6) is 0 Å². The summed E-state index contributed by atoms with van der Waals surface area (Å²) in [7, 11) is 0. The van der Waals surface area contributed by atoms with E-state index in [0.717, 1.165) is 40.8 Å². The summed E-state index contributed by atoms with van der Waals surface area (Å²) < 4.78 is 1.05. The Morgan fingerprint density at radius 2 is 2.11 bits per heavy atom. The van der Waals surface area contributed by atoms with Gasteiger partial charge in [-0.25, -0.2) is 0 Å². The topological polar surface area (TPSA) is 41.1 Å². The van der Waals surface area contributed by atoms with Gasteiger partial charge in [0.1, 0.15) is 0 Å². The van der Waals surface area contributed by atoms with E-state index in [0.29, 0.717) is 12.3 Å². The fourth-order valence-electron chi connectivity index (χ4n) is 2.61. The van der Waals surface area contributed by atoms with Crippen molar-refractivity contribution in [3.05, 3.63) is 27.7 Å². The van der Waals surface area contributed by atoms with Gasteiger partial charge in [0, 0.05) is 16.6 Å². The van der Waals surface area contributed by atoms with Gasteiger partial charge in [-0.05, 0) is 69.0 Å². The minimum Gasteiger partial charge on any atom is -0.326 e. The van der Waals surface area contributed by atoms with Crippen molar-refractivity contribution < 1.29 is 4.79 Å². The molecule has 0 bridgehead atoms. The summed E-state index contributed by atoms with van der Waals surface area (Å²) in [5, 5.41) is 6.38. The van der Waals surface area contributed by atoms with Crippen molar-refractivity contribution in [2.24, 2.45) is 5.92 Å². The van der Waals surface area contributed by atoms with E-state index in [9.17, 15) is 4.79 Å². The van der Waals surface area contributed by atoms with E-state index in [2.05, 4.69) is 26.6 Å². The first-order valence-electron chi connectivity index (χ1n) is 6.83. The van der Waals surface area contributed by atoms with Crippen LogP contribution in [0.2, 0.25) is 0 Å². The molecule has 1 aliphatic heterocycles. The lowest BCUT2D eigenvalue weighted by Crippen LogP contribution is -2.16. The van der Waals surface area contributed by atoms with Crippen LogP contribution in [-0.4, -0.2) is 19.0 Å². The SMILES string of the molecule is Cc1cc(Br)cc(C)c1NC(=O)CCC1CCNC1. The maximum absolute atomic E-state index is 12.0. The largest absolute Gasteiger partial charge is 0.326 e. The number of aryl methyl sites for hydroxylation is 2. The first-order valence-corrected chi connectivity index (χ1v) is 7.63. The Balaban J connectivity index is 1.91. The van der Waals surface area contributed by atoms with E-state index in [4.69, 9.17) is 0 Å². The summed E-state index contributed by atoms with van der Waals surface area (Å²) in [5.41, 5.74) is 3.16. The summed E-state index contributed by atoms with van der Waals surface area (Å²) >= 11 is 3.47. The summed E-state index contributed by atoms with van der Waals surface area (Å²) in [6.45, 7) is 6.20. The molecule has 1 fully saturated rings. The molecule has 1 saturated heterocycles. The number of amides is 1. The molecule has 1 heterocycles. The molecule has 1 aromatic carbocycles. The lowest BCUT2D eigenvalue weighted by atomic mass is 10.0. The van der Waals surface area contributed by atoms with Gasteiger partial charge in [0.15, 0.2) is 0 Å². The third-order valence-electron chi connectivity index (χ3n) is 3.70. The normalized spacial score (nSPS) is 18.6. The fourth-order valence-corrected chi connectivity index (χ4v) is 3.29. The van der Waals surface area contributed by atoms with Crippen molar-refractivity contribution in [3.63, 3.8) is 0 Å². The number of halogens is 1. The second-order valence-corrected chi connectivity index (χ2v) is 6.28. The lowest BCUT2D eigenvalue weighted by Gasteiger charge is -2.13. The Morgan fingerprint density at radius 1 is 1.42 bits per heavy atom. The molecule has 0 aromatic heterocycles. The molecule has 1 aliphatic rings. The van der Waals surface area contributed by atoms with Crippen molar-refractivity contribution in [1.82, 2.24) is 5.32 Å². The summed E-state index contributed by atoms with van der Waals surface area (Å²) in [6.07, 6.45) is 2.79. The molecule has 0 saturated carbocycles. The predicted octanol–water partition coefficient (Wildman–Crippen LogP) is 3.39. The zero-order valence-corrected chi connectivity index (χ0v) is 13.1. The Morgan fingerprint density at radius 3 is 2.68 bits per heavy atom. The number of carbonyl (C=O) groups is 1. The molecule has 0 aliphatic carbocycles. The smallest absolute Gasteiger partial charge is 0.224 e. The van der Waals surface area contributed by atoms with Crippen LogP contribution in [0.25, 0.3) is 0 Å². The molecule has 2 rings (SSSR count). The highest BCUT2D eigenvalue weighted by atomic mass is 79.9. The Bertz CT molecular complexity index is 444. The Kier molecular flexibility index (Phi) is 4.99. The van der Waals surface area contributed by atoms with Gasteiger partial charge >= 0.3 is 0 Å². The molecule has 3 nitrogen and oxygen atoms in total. The van der Waals surface area contributed by atoms with Gasteiger partial charge in [-0.2, -0.15) is 0 Å². The molecule has 4 heteroatoms. The minimum absolute atomic E-state index is 0.125. The third kappa shape index (κ3) is 4.05. The molecular formula is C15H21BrN2O. The van der Waals surface area contributed by atoms with Crippen LogP contribution in [0.15, 0.2) is 16.6 Å². The number of hydrogen-bond acceptors (Lipinski definition) is 2. The molecule has 1 amide bonds. The van der Waals surface area contributed by atoms with E-state index in [1.165, 1.54) is 6.42 Å². The molecule has 1 aromatic rings. The van der Waals surface area contributed by atoms with Gasteiger partial charge in [-0.15, -0.1) is 0 Å². The fraction of sp³-hybridized carbons (Fsp3) is 0.533. The number of carbonyl (C=O) groups excluding carboxylic acids is 1. The summed E-state index contributed by atoms with van der Waals surface area (Å²) in [5.74, 6) is 0.790. The van der Waals surface area contributed by atoms with Crippen molar-refractivity contribution in [1.29, 1.82) is 0 Å². The monoisotopic (exact) mass is 324 g/mol. The Labute approximate surface area is 123 Å². The third-order valence-corrected chi connectivity index (χ3v) is 4.16. The molecule has 1 unspecified atom stereocenters. The number of benzene rings is 1. The van der Waals surface area contributed by atoms with Crippen molar-refractivity contribution in [3.8, 4) is 0 Å². The Hall–Kier alpha value is -0.870. The van der Waals surface area contributed by atoms with E-state index in [1.54, 1.807) is 0 Å². The zero-order chi connectivity index (χ0) is 13.8. The number of nitrogens with one attached hydrogen (secondary N) is 2. The summed E-state index contributed by atoms with van der Waals surface area (Å²) in [6, 6.07) is 4.06. The van der Waals surface area contributed by atoms with Crippen LogP contribution in [0.4, 0.5) is 5.69 Å². The standard InChI is InChI=1S/C15H21BrN2O/c1-10-7-13(16)8-11(2)15(10)18-14(19)4-3-12-5-6-17-9-12/h7-8,12,17H,3-6,9H2,1-2H3,(H,18,19). The van der Waals surface area contributed by atoms with Crippen LogP contribution in [-0.2, 0) is 4.79 Å². The molecule has 19 heavy (non-hydrogen) atoms. The van der Waals surface area contributed by atoms with Crippen LogP contribution >= 0.6 is 15.9 Å². The molecule has 1 atom stereocenters. The molecule has 0 spiro atoms. The first kappa shape index (κ1) is 14.5. The van der Waals surface area contributed by atoms with Gasteiger partial charge in [0.25, 0.3) is 0 Å². The first-order chi connectivity index (χ1) is 9.06. The highest BCUT2D eigenvalue weighted by molar-refractivity contribution is 9.10. The van der Waals surface area contributed by atoms with Crippen LogP contribution in [0, 0.1) is 19.8 Å². The van der Waals surface area contributed by atoms with Crippen LogP contribution in [0.1, 0.15) is 30.4 Å². The van der Waals surface area contributed by atoms with Gasteiger partial charge < -0.3 is 10.6 Å². The van der Waals surface area contributed by atoms with Crippen LogP contribution < -0.4 is 10.6 Å². The van der Waals surface area contributed by atoms with Gasteiger partial charge in [-0.1, -0.05) is 15.9 Å².